The molecule has 1 aliphatic heterocycles. The van der Waals surface area contributed by atoms with E-state index in [1.165, 1.54) is 6.07 Å². The summed E-state index contributed by atoms with van der Waals surface area (Å²) in [4.78, 5) is 14.3. The van der Waals surface area contributed by atoms with Crippen molar-refractivity contribution in [2.24, 2.45) is 0 Å². The van der Waals surface area contributed by atoms with Gasteiger partial charge in [0.15, 0.2) is 11.6 Å². The molecule has 2 aromatic rings. The number of ether oxygens (including phenoxy) is 1. The van der Waals surface area contributed by atoms with E-state index in [9.17, 15) is 13.6 Å². The van der Waals surface area contributed by atoms with Gasteiger partial charge in [-0.15, -0.1) is 0 Å². The summed E-state index contributed by atoms with van der Waals surface area (Å²) in [6, 6.07) is 10.4. The van der Waals surface area contributed by atoms with Gasteiger partial charge in [0.05, 0.1) is 13.2 Å². The summed E-state index contributed by atoms with van der Waals surface area (Å²) >= 11 is 0. The fraction of sp³-hybridized carbons (Fsp3) is 0.235. The average Bonchev–Trinajstić information content (AvgIpc) is 2.59. The van der Waals surface area contributed by atoms with E-state index in [1.54, 1.807) is 12.1 Å². The molecule has 1 N–H and O–H groups in total. The Morgan fingerprint density at radius 3 is 2.35 bits per heavy atom. The molecule has 1 heterocycles. The molecule has 4 nitrogen and oxygen atoms in total. The van der Waals surface area contributed by atoms with Crippen molar-refractivity contribution in [1.29, 1.82) is 0 Å². The largest absolute Gasteiger partial charge is 0.378 e. The van der Waals surface area contributed by atoms with Crippen molar-refractivity contribution in [1.82, 2.24) is 0 Å². The van der Waals surface area contributed by atoms with E-state index in [2.05, 4.69) is 10.2 Å². The number of hydrogen-bond donors (Lipinski definition) is 1. The molecule has 1 saturated heterocycles. The van der Waals surface area contributed by atoms with Gasteiger partial charge in [-0.1, -0.05) is 0 Å². The van der Waals surface area contributed by atoms with Gasteiger partial charge in [-0.2, -0.15) is 0 Å². The Kier molecular flexibility index (Phi) is 4.52. The third kappa shape index (κ3) is 3.65. The number of amides is 1. The van der Waals surface area contributed by atoms with Crippen LogP contribution < -0.4 is 10.2 Å². The Balaban J connectivity index is 1.68. The molecule has 120 valence electrons. The fourth-order valence-electron chi connectivity index (χ4n) is 2.42. The summed E-state index contributed by atoms with van der Waals surface area (Å²) in [5.41, 5.74) is 1.69. The molecular weight excluding hydrogens is 302 g/mol. The van der Waals surface area contributed by atoms with Crippen LogP contribution in [0.15, 0.2) is 42.5 Å². The van der Waals surface area contributed by atoms with Gasteiger partial charge < -0.3 is 15.0 Å². The van der Waals surface area contributed by atoms with Crippen LogP contribution in [0.3, 0.4) is 0 Å². The number of morpholine rings is 1. The highest BCUT2D eigenvalue weighted by molar-refractivity contribution is 6.04. The van der Waals surface area contributed by atoms with Crippen molar-refractivity contribution < 1.29 is 18.3 Å². The van der Waals surface area contributed by atoms with Gasteiger partial charge in [-0.3, -0.25) is 4.79 Å². The van der Waals surface area contributed by atoms with Crippen LogP contribution in [0.4, 0.5) is 20.2 Å². The molecule has 0 radical (unpaired) electrons. The van der Waals surface area contributed by atoms with Crippen molar-refractivity contribution >= 4 is 17.3 Å². The molecule has 1 aliphatic rings. The number of carbonyl (C=O) groups is 1. The summed E-state index contributed by atoms with van der Waals surface area (Å²) < 4.78 is 31.3. The molecule has 0 spiro atoms. The Bertz CT molecular complexity index is 698. The zero-order chi connectivity index (χ0) is 16.2. The van der Waals surface area contributed by atoms with Crippen molar-refractivity contribution in [2.45, 2.75) is 0 Å². The van der Waals surface area contributed by atoms with Crippen LogP contribution in [0.5, 0.6) is 0 Å². The fourth-order valence-corrected chi connectivity index (χ4v) is 2.42. The highest BCUT2D eigenvalue weighted by atomic mass is 19.2. The third-order valence-corrected chi connectivity index (χ3v) is 3.68. The Morgan fingerprint density at radius 1 is 1.00 bits per heavy atom. The van der Waals surface area contributed by atoms with Crippen LogP contribution in [0, 0.1) is 11.6 Å². The van der Waals surface area contributed by atoms with Crippen LogP contribution in [0.1, 0.15) is 10.4 Å². The van der Waals surface area contributed by atoms with E-state index < -0.39 is 11.6 Å². The number of hydrogen-bond acceptors (Lipinski definition) is 3. The first-order valence-electron chi connectivity index (χ1n) is 7.32. The second-order valence-corrected chi connectivity index (χ2v) is 5.23. The summed E-state index contributed by atoms with van der Waals surface area (Å²) in [5.74, 6) is -2.31. The van der Waals surface area contributed by atoms with Crippen LogP contribution >= 0.6 is 0 Å². The van der Waals surface area contributed by atoms with Gasteiger partial charge in [0.25, 0.3) is 5.91 Å². The molecule has 2 aromatic carbocycles. The molecule has 0 aromatic heterocycles. The molecule has 0 saturated carbocycles. The number of nitrogens with one attached hydrogen (secondary N) is 1. The van der Waals surface area contributed by atoms with E-state index in [0.29, 0.717) is 18.8 Å². The minimum atomic E-state index is -0.995. The summed E-state index contributed by atoms with van der Waals surface area (Å²) in [7, 11) is 0. The molecule has 0 aliphatic carbocycles. The second kappa shape index (κ2) is 6.75. The molecule has 3 rings (SSSR count). The normalized spacial score (nSPS) is 14.6. The lowest BCUT2D eigenvalue weighted by atomic mass is 10.1. The van der Waals surface area contributed by atoms with Crippen LogP contribution in [-0.4, -0.2) is 32.2 Å². The summed E-state index contributed by atoms with van der Waals surface area (Å²) in [5, 5.41) is 2.55. The molecule has 1 fully saturated rings. The Hall–Kier alpha value is -2.47. The van der Waals surface area contributed by atoms with Gasteiger partial charge in [-0.25, -0.2) is 8.78 Å². The smallest absolute Gasteiger partial charge is 0.255 e. The molecule has 6 heteroatoms. The zero-order valence-corrected chi connectivity index (χ0v) is 12.4. The molecule has 23 heavy (non-hydrogen) atoms. The second-order valence-electron chi connectivity index (χ2n) is 5.23. The Morgan fingerprint density at radius 2 is 1.70 bits per heavy atom. The minimum Gasteiger partial charge on any atom is -0.378 e. The maximum Gasteiger partial charge on any atom is 0.255 e. The molecular formula is C17H16F2N2O2. The van der Waals surface area contributed by atoms with Crippen molar-refractivity contribution in [2.75, 3.05) is 36.5 Å². The maximum atomic E-state index is 13.1. The lowest BCUT2D eigenvalue weighted by molar-refractivity contribution is 0.102. The highest BCUT2D eigenvalue weighted by Gasteiger charge is 2.13. The summed E-state index contributed by atoms with van der Waals surface area (Å²) in [6.45, 7) is 3.03. The van der Waals surface area contributed by atoms with Crippen LogP contribution in [0.2, 0.25) is 0 Å². The van der Waals surface area contributed by atoms with E-state index in [4.69, 9.17) is 4.74 Å². The number of nitrogens with zero attached hydrogens (tertiary/aromatic N) is 1. The average molecular weight is 318 g/mol. The van der Waals surface area contributed by atoms with Crippen LogP contribution in [0.25, 0.3) is 0 Å². The van der Waals surface area contributed by atoms with Crippen molar-refractivity contribution in [3.05, 3.63) is 59.7 Å². The lowest BCUT2D eigenvalue weighted by Crippen LogP contribution is -2.36. The van der Waals surface area contributed by atoms with Gasteiger partial charge >= 0.3 is 0 Å². The lowest BCUT2D eigenvalue weighted by Gasteiger charge is -2.28. The molecule has 0 unspecified atom stereocenters. The van der Waals surface area contributed by atoms with Gasteiger partial charge in [0.2, 0.25) is 0 Å². The van der Waals surface area contributed by atoms with E-state index in [0.717, 1.165) is 30.9 Å². The first-order chi connectivity index (χ1) is 11.1. The van der Waals surface area contributed by atoms with Gasteiger partial charge in [0.1, 0.15) is 0 Å². The molecule has 1 amide bonds. The maximum absolute atomic E-state index is 13.1. The highest BCUT2D eigenvalue weighted by Crippen LogP contribution is 2.18. The number of rotatable bonds is 3. The number of benzene rings is 2. The monoisotopic (exact) mass is 318 g/mol. The SMILES string of the molecule is O=C(Nc1ccc(F)c(F)c1)c1ccc(N2CCOCC2)cc1. The van der Waals surface area contributed by atoms with Crippen LogP contribution in [-0.2, 0) is 4.74 Å². The van der Waals surface area contributed by atoms with E-state index in [-0.39, 0.29) is 11.6 Å². The van der Waals surface area contributed by atoms with E-state index in [1.807, 2.05) is 12.1 Å². The van der Waals surface area contributed by atoms with E-state index >= 15 is 0 Å². The number of halogens is 2. The van der Waals surface area contributed by atoms with Crippen molar-refractivity contribution in [3.63, 3.8) is 0 Å². The predicted octanol–water partition coefficient (Wildman–Crippen LogP) is 3.05. The first kappa shape index (κ1) is 15.4. The minimum absolute atomic E-state index is 0.214. The first-order valence-corrected chi connectivity index (χ1v) is 7.32. The third-order valence-electron chi connectivity index (χ3n) is 3.68. The standard InChI is InChI=1S/C17H16F2N2O2/c18-15-6-3-13(11-16(15)19)20-17(22)12-1-4-14(5-2-12)21-7-9-23-10-8-21/h1-6,11H,7-10H2,(H,20,22). The molecule has 0 bridgehead atoms. The number of anilines is 2. The quantitative estimate of drug-likeness (QED) is 0.946. The summed E-state index contributed by atoms with van der Waals surface area (Å²) in [6.07, 6.45) is 0. The van der Waals surface area contributed by atoms with Gasteiger partial charge in [0, 0.05) is 36.1 Å². The van der Waals surface area contributed by atoms with Crippen molar-refractivity contribution in [3.8, 4) is 0 Å². The van der Waals surface area contributed by atoms with Gasteiger partial charge in [-0.05, 0) is 36.4 Å². The Labute approximate surface area is 132 Å². The molecule has 0 atom stereocenters. The zero-order valence-electron chi connectivity index (χ0n) is 12.4. The number of carbonyl (C=O) groups excluding carboxylic acids is 1. The predicted molar refractivity (Wildman–Crippen MR) is 83.8 cm³/mol. The topological polar surface area (TPSA) is 41.6 Å².